The molecule has 158 valence electrons. The van der Waals surface area contributed by atoms with Gasteiger partial charge in [0.05, 0.1) is 30.4 Å². The van der Waals surface area contributed by atoms with E-state index in [1.807, 2.05) is 6.92 Å². The molecule has 1 saturated heterocycles. The molecule has 0 aliphatic carbocycles. The van der Waals surface area contributed by atoms with E-state index in [1.165, 1.54) is 22.1 Å². The molecular formula is C21H21FN2O5S. The molecule has 7 nitrogen and oxygen atoms in total. The number of sulfone groups is 1. The Hall–Kier alpha value is -2.91. The van der Waals surface area contributed by atoms with Crippen LogP contribution < -0.4 is 9.64 Å². The van der Waals surface area contributed by atoms with Crippen molar-refractivity contribution >= 4 is 27.1 Å². The van der Waals surface area contributed by atoms with Crippen molar-refractivity contribution in [3.8, 4) is 5.75 Å². The fourth-order valence-corrected chi connectivity index (χ4v) is 4.98. The molecule has 0 bridgehead atoms. The Morgan fingerprint density at radius 1 is 1.13 bits per heavy atom. The monoisotopic (exact) mass is 432 g/mol. The summed E-state index contributed by atoms with van der Waals surface area (Å²) in [7, 11) is -4.11. The van der Waals surface area contributed by atoms with E-state index >= 15 is 0 Å². The molecule has 2 aliphatic rings. The SMILES string of the molecule is CCOc1ccc(N2C=C(C(=O)N3CCOCC3)S(=O)(=O)c3ccc(F)cc32)cc1. The van der Waals surface area contributed by atoms with Crippen LogP contribution in [0.1, 0.15) is 6.92 Å². The molecule has 9 heteroatoms. The molecule has 2 aromatic carbocycles. The minimum atomic E-state index is -4.11. The Bertz CT molecular complexity index is 1090. The van der Waals surface area contributed by atoms with Gasteiger partial charge in [-0.25, -0.2) is 12.8 Å². The highest BCUT2D eigenvalue weighted by Crippen LogP contribution is 2.40. The van der Waals surface area contributed by atoms with Gasteiger partial charge in [-0.3, -0.25) is 4.79 Å². The van der Waals surface area contributed by atoms with Crippen molar-refractivity contribution in [2.75, 3.05) is 37.8 Å². The average molecular weight is 432 g/mol. The van der Waals surface area contributed by atoms with Gasteiger partial charge in [0.1, 0.15) is 11.6 Å². The van der Waals surface area contributed by atoms with Gasteiger partial charge in [-0.2, -0.15) is 0 Å². The summed E-state index contributed by atoms with van der Waals surface area (Å²) in [6.45, 7) is 3.70. The molecule has 0 aromatic heterocycles. The fraction of sp³-hybridized carbons (Fsp3) is 0.286. The third-order valence-electron chi connectivity index (χ3n) is 4.94. The molecule has 0 spiro atoms. The zero-order valence-corrected chi connectivity index (χ0v) is 17.2. The number of halogens is 1. The summed E-state index contributed by atoms with van der Waals surface area (Å²) < 4.78 is 51.1. The number of carbonyl (C=O) groups is 1. The Morgan fingerprint density at radius 2 is 1.83 bits per heavy atom. The standard InChI is InChI=1S/C21H21FN2O5S/c1-2-29-17-6-4-16(5-7-17)24-14-20(21(25)23-9-11-28-12-10-23)30(26,27)19-8-3-15(22)13-18(19)24/h3-8,13-14H,2,9-12H2,1H3. The van der Waals surface area contributed by atoms with Crippen LogP contribution in [0, 0.1) is 5.82 Å². The number of morpholine rings is 1. The first kappa shape index (κ1) is 20.4. The average Bonchev–Trinajstić information content (AvgIpc) is 2.75. The molecule has 4 rings (SSSR count). The fourth-order valence-electron chi connectivity index (χ4n) is 3.46. The summed E-state index contributed by atoms with van der Waals surface area (Å²) in [5, 5.41) is 0. The van der Waals surface area contributed by atoms with Gasteiger partial charge in [-0.05, 0) is 49.4 Å². The smallest absolute Gasteiger partial charge is 0.267 e. The van der Waals surface area contributed by atoms with Gasteiger partial charge in [-0.15, -0.1) is 0 Å². The minimum absolute atomic E-state index is 0.114. The lowest BCUT2D eigenvalue weighted by Crippen LogP contribution is -2.43. The van der Waals surface area contributed by atoms with Crippen molar-refractivity contribution in [2.24, 2.45) is 0 Å². The second kappa shape index (κ2) is 8.08. The summed E-state index contributed by atoms with van der Waals surface area (Å²) in [5.41, 5.74) is 0.727. The number of ether oxygens (including phenoxy) is 2. The van der Waals surface area contributed by atoms with Crippen molar-refractivity contribution in [1.82, 2.24) is 4.90 Å². The summed E-state index contributed by atoms with van der Waals surface area (Å²) >= 11 is 0. The molecule has 0 N–H and O–H groups in total. The molecule has 1 amide bonds. The molecular weight excluding hydrogens is 411 g/mol. The predicted molar refractivity (Wildman–Crippen MR) is 109 cm³/mol. The summed E-state index contributed by atoms with van der Waals surface area (Å²) in [4.78, 5) is 15.6. The summed E-state index contributed by atoms with van der Waals surface area (Å²) in [6, 6.07) is 10.3. The first-order valence-electron chi connectivity index (χ1n) is 9.57. The van der Waals surface area contributed by atoms with Crippen LogP contribution in [0.3, 0.4) is 0 Å². The highest BCUT2D eigenvalue weighted by Gasteiger charge is 2.38. The topological polar surface area (TPSA) is 76.2 Å². The quantitative estimate of drug-likeness (QED) is 0.692. The highest BCUT2D eigenvalue weighted by atomic mass is 32.2. The van der Waals surface area contributed by atoms with Crippen LogP contribution >= 0.6 is 0 Å². The highest BCUT2D eigenvalue weighted by molar-refractivity contribution is 7.96. The van der Waals surface area contributed by atoms with E-state index < -0.39 is 21.6 Å². The van der Waals surface area contributed by atoms with Crippen molar-refractivity contribution in [3.63, 3.8) is 0 Å². The van der Waals surface area contributed by atoms with E-state index in [9.17, 15) is 17.6 Å². The maximum Gasteiger partial charge on any atom is 0.267 e. The Labute approximate surface area is 174 Å². The predicted octanol–water partition coefficient (Wildman–Crippen LogP) is 2.85. The minimum Gasteiger partial charge on any atom is -0.494 e. The van der Waals surface area contributed by atoms with Gasteiger partial charge in [0, 0.05) is 25.0 Å². The van der Waals surface area contributed by atoms with Crippen molar-refractivity contribution in [1.29, 1.82) is 0 Å². The molecule has 2 aromatic rings. The second-order valence-corrected chi connectivity index (χ2v) is 8.70. The third kappa shape index (κ3) is 3.66. The van der Waals surface area contributed by atoms with E-state index in [2.05, 4.69) is 0 Å². The number of rotatable bonds is 4. The maximum atomic E-state index is 14.0. The van der Waals surface area contributed by atoms with E-state index in [1.54, 1.807) is 24.3 Å². The van der Waals surface area contributed by atoms with Gasteiger partial charge >= 0.3 is 0 Å². The van der Waals surface area contributed by atoms with Crippen LogP contribution in [-0.4, -0.2) is 52.1 Å². The van der Waals surface area contributed by atoms with Gasteiger partial charge in [0.25, 0.3) is 5.91 Å². The molecule has 0 saturated carbocycles. The van der Waals surface area contributed by atoms with Crippen molar-refractivity contribution < 1.29 is 27.1 Å². The van der Waals surface area contributed by atoms with Crippen LogP contribution in [0.25, 0.3) is 0 Å². The number of hydrogen-bond donors (Lipinski definition) is 0. The molecule has 2 aliphatic heterocycles. The van der Waals surface area contributed by atoms with Crippen LogP contribution in [-0.2, 0) is 19.4 Å². The number of amides is 1. The van der Waals surface area contributed by atoms with Crippen molar-refractivity contribution in [2.45, 2.75) is 11.8 Å². The van der Waals surface area contributed by atoms with Crippen LogP contribution in [0.15, 0.2) is 58.5 Å². The maximum absolute atomic E-state index is 14.0. The van der Waals surface area contributed by atoms with Gasteiger partial charge in [-0.1, -0.05) is 0 Å². The Kier molecular flexibility index (Phi) is 5.48. The first-order valence-corrected chi connectivity index (χ1v) is 11.1. The van der Waals surface area contributed by atoms with E-state index in [4.69, 9.17) is 9.47 Å². The Balaban J connectivity index is 1.82. The molecule has 1 fully saturated rings. The number of hydrogen-bond acceptors (Lipinski definition) is 6. The second-order valence-electron chi connectivity index (χ2n) is 6.81. The molecule has 2 heterocycles. The van der Waals surface area contributed by atoms with Crippen LogP contribution in [0.2, 0.25) is 0 Å². The number of anilines is 2. The van der Waals surface area contributed by atoms with Gasteiger partial charge < -0.3 is 19.3 Å². The normalized spacial score (nSPS) is 17.9. The van der Waals surface area contributed by atoms with Crippen LogP contribution in [0.5, 0.6) is 5.75 Å². The lowest BCUT2D eigenvalue weighted by molar-refractivity contribution is -0.130. The van der Waals surface area contributed by atoms with Gasteiger partial charge in [0.15, 0.2) is 4.91 Å². The number of benzene rings is 2. The molecule has 0 atom stereocenters. The number of nitrogens with zero attached hydrogens (tertiary/aromatic N) is 2. The zero-order chi connectivity index (χ0) is 21.3. The summed E-state index contributed by atoms with van der Waals surface area (Å²) in [6.07, 6.45) is 1.27. The number of carbonyl (C=O) groups excluding carboxylic acids is 1. The Morgan fingerprint density at radius 3 is 2.50 bits per heavy atom. The van der Waals surface area contributed by atoms with E-state index in [-0.39, 0.29) is 15.5 Å². The first-order chi connectivity index (χ1) is 14.4. The van der Waals surface area contributed by atoms with Gasteiger partial charge in [0.2, 0.25) is 9.84 Å². The third-order valence-corrected chi connectivity index (χ3v) is 6.72. The molecule has 0 radical (unpaired) electrons. The zero-order valence-electron chi connectivity index (χ0n) is 16.4. The molecule has 0 unspecified atom stereocenters. The lowest BCUT2D eigenvalue weighted by Gasteiger charge is -2.32. The summed E-state index contributed by atoms with van der Waals surface area (Å²) in [5.74, 6) is -0.514. The van der Waals surface area contributed by atoms with Crippen molar-refractivity contribution in [3.05, 3.63) is 59.4 Å². The van der Waals surface area contributed by atoms with Crippen LogP contribution in [0.4, 0.5) is 15.8 Å². The molecule has 30 heavy (non-hydrogen) atoms. The van der Waals surface area contributed by atoms with E-state index in [0.29, 0.717) is 44.3 Å². The largest absolute Gasteiger partial charge is 0.494 e. The number of fused-ring (bicyclic) bond motifs is 1. The van der Waals surface area contributed by atoms with E-state index in [0.717, 1.165) is 12.1 Å². The lowest BCUT2D eigenvalue weighted by atomic mass is 10.2.